The van der Waals surface area contributed by atoms with Crippen LogP contribution < -0.4 is 0 Å². The fourth-order valence-electron chi connectivity index (χ4n) is 2.09. The minimum atomic E-state index is 0.510. The molecule has 0 unspecified atom stereocenters. The Morgan fingerprint density at radius 2 is 2.17 bits per heavy atom. The van der Waals surface area contributed by atoms with E-state index >= 15 is 0 Å². The van der Waals surface area contributed by atoms with Gasteiger partial charge in [-0.05, 0) is 36.7 Å². The van der Waals surface area contributed by atoms with Crippen LogP contribution in [-0.4, -0.2) is 19.7 Å². The van der Waals surface area contributed by atoms with Gasteiger partial charge in [0, 0.05) is 24.1 Å². The average molecular weight is 281 g/mol. The van der Waals surface area contributed by atoms with Gasteiger partial charge in [0.25, 0.3) is 0 Å². The minimum Gasteiger partial charge on any atom is -0.306 e. The molecule has 0 spiro atoms. The largest absolute Gasteiger partial charge is 0.306 e. The van der Waals surface area contributed by atoms with Crippen LogP contribution in [0.5, 0.6) is 0 Å². The summed E-state index contributed by atoms with van der Waals surface area (Å²) in [6, 6.07) is 3.79. The van der Waals surface area contributed by atoms with E-state index in [2.05, 4.69) is 19.7 Å². The molecule has 0 atom stereocenters. The minimum absolute atomic E-state index is 0.510. The Hall–Kier alpha value is -1.07. The molecule has 0 aromatic carbocycles. The molecule has 1 aliphatic heterocycles. The van der Waals surface area contributed by atoms with Gasteiger partial charge in [0.1, 0.15) is 11.0 Å². The predicted molar refractivity (Wildman–Crippen MR) is 70.9 cm³/mol. The fraction of sp³-hybridized carbons (Fsp3) is 0.417. The summed E-state index contributed by atoms with van der Waals surface area (Å²) in [5, 5.41) is 10.0. The molecular formula is C12H13ClN4S. The topological polar surface area (TPSA) is 43.6 Å². The van der Waals surface area contributed by atoms with Crippen LogP contribution in [0.2, 0.25) is 5.15 Å². The van der Waals surface area contributed by atoms with Gasteiger partial charge in [0.15, 0.2) is 5.16 Å². The Kier molecular flexibility index (Phi) is 3.52. The summed E-state index contributed by atoms with van der Waals surface area (Å²) >= 11 is 7.48. The highest BCUT2D eigenvalue weighted by Gasteiger charge is 2.15. The smallest absolute Gasteiger partial charge is 0.196 e. The second kappa shape index (κ2) is 5.28. The molecule has 3 rings (SSSR count). The van der Waals surface area contributed by atoms with E-state index in [1.165, 1.54) is 19.3 Å². The second-order valence-electron chi connectivity index (χ2n) is 4.28. The number of hydrogen-bond acceptors (Lipinski definition) is 4. The maximum Gasteiger partial charge on any atom is 0.196 e. The molecule has 6 heteroatoms. The van der Waals surface area contributed by atoms with Gasteiger partial charge in [-0.2, -0.15) is 0 Å². The first kappa shape index (κ1) is 12.0. The summed E-state index contributed by atoms with van der Waals surface area (Å²) in [6.45, 7) is 1.02. The molecule has 2 aromatic rings. The van der Waals surface area contributed by atoms with E-state index in [-0.39, 0.29) is 0 Å². The molecule has 0 aliphatic carbocycles. The van der Waals surface area contributed by atoms with Crippen molar-refractivity contribution in [2.45, 2.75) is 42.3 Å². The number of aryl methyl sites for hydroxylation is 1. The van der Waals surface area contributed by atoms with Crippen LogP contribution in [0.25, 0.3) is 0 Å². The SMILES string of the molecule is Clc1cc(Sc2nnc3n2CCCCC3)ccn1. The van der Waals surface area contributed by atoms with Crippen molar-refractivity contribution in [3.05, 3.63) is 29.3 Å². The molecule has 18 heavy (non-hydrogen) atoms. The molecule has 3 heterocycles. The zero-order valence-corrected chi connectivity index (χ0v) is 11.4. The van der Waals surface area contributed by atoms with Gasteiger partial charge in [0.2, 0.25) is 0 Å². The van der Waals surface area contributed by atoms with Gasteiger partial charge in [-0.15, -0.1) is 10.2 Å². The Balaban J connectivity index is 1.87. The lowest BCUT2D eigenvalue weighted by Crippen LogP contribution is -2.02. The van der Waals surface area contributed by atoms with Crippen LogP contribution >= 0.6 is 23.4 Å². The summed E-state index contributed by atoms with van der Waals surface area (Å²) < 4.78 is 2.23. The first-order valence-electron chi connectivity index (χ1n) is 6.04. The second-order valence-corrected chi connectivity index (χ2v) is 5.71. The van der Waals surface area contributed by atoms with Crippen LogP contribution in [0.15, 0.2) is 28.4 Å². The van der Waals surface area contributed by atoms with Crippen molar-refractivity contribution in [1.29, 1.82) is 0 Å². The quantitative estimate of drug-likeness (QED) is 0.793. The summed E-state index contributed by atoms with van der Waals surface area (Å²) in [6.07, 6.45) is 6.43. The summed E-state index contributed by atoms with van der Waals surface area (Å²) in [4.78, 5) is 5.03. The number of fused-ring (bicyclic) bond motifs is 1. The Labute approximate surface area is 115 Å². The molecule has 0 bridgehead atoms. The van der Waals surface area contributed by atoms with Crippen molar-refractivity contribution in [1.82, 2.24) is 19.7 Å². The van der Waals surface area contributed by atoms with Crippen LogP contribution in [0, 0.1) is 0 Å². The van der Waals surface area contributed by atoms with Gasteiger partial charge in [-0.25, -0.2) is 4.98 Å². The van der Waals surface area contributed by atoms with Gasteiger partial charge in [-0.3, -0.25) is 0 Å². The highest BCUT2D eigenvalue weighted by molar-refractivity contribution is 7.99. The Bertz CT molecular complexity index is 555. The molecule has 0 saturated heterocycles. The van der Waals surface area contributed by atoms with Gasteiger partial charge in [-0.1, -0.05) is 18.0 Å². The van der Waals surface area contributed by atoms with Gasteiger partial charge in [0.05, 0.1) is 0 Å². The summed E-state index contributed by atoms with van der Waals surface area (Å²) in [5.41, 5.74) is 0. The van der Waals surface area contributed by atoms with E-state index < -0.39 is 0 Å². The third-order valence-corrected chi connectivity index (χ3v) is 4.16. The van der Waals surface area contributed by atoms with E-state index in [0.717, 1.165) is 28.8 Å². The zero-order valence-electron chi connectivity index (χ0n) is 9.84. The first-order chi connectivity index (χ1) is 8.83. The monoisotopic (exact) mass is 280 g/mol. The molecule has 2 aromatic heterocycles. The number of aromatic nitrogens is 4. The van der Waals surface area contributed by atoms with E-state index in [1.807, 2.05) is 12.1 Å². The number of rotatable bonds is 2. The van der Waals surface area contributed by atoms with Crippen LogP contribution in [0.4, 0.5) is 0 Å². The number of hydrogen-bond donors (Lipinski definition) is 0. The van der Waals surface area contributed by atoms with Crippen molar-refractivity contribution in [2.24, 2.45) is 0 Å². The molecular weight excluding hydrogens is 268 g/mol. The molecule has 0 amide bonds. The zero-order chi connectivity index (χ0) is 12.4. The highest BCUT2D eigenvalue weighted by Crippen LogP contribution is 2.29. The van der Waals surface area contributed by atoms with Crippen LogP contribution in [0.3, 0.4) is 0 Å². The van der Waals surface area contributed by atoms with Crippen molar-refractivity contribution in [3.8, 4) is 0 Å². The van der Waals surface area contributed by atoms with Gasteiger partial charge < -0.3 is 4.57 Å². The van der Waals surface area contributed by atoms with Crippen molar-refractivity contribution >= 4 is 23.4 Å². The molecule has 0 N–H and O–H groups in total. The normalized spacial score (nSPS) is 15.2. The lowest BCUT2D eigenvalue weighted by Gasteiger charge is -2.06. The molecule has 4 nitrogen and oxygen atoms in total. The summed E-state index contributed by atoms with van der Waals surface area (Å²) in [5.74, 6) is 1.11. The summed E-state index contributed by atoms with van der Waals surface area (Å²) in [7, 11) is 0. The third kappa shape index (κ3) is 2.52. The van der Waals surface area contributed by atoms with Crippen molar-refractivity contribution in [3.63, 3.8) is 0 Å². The van der Waals surface area contributed by atoms with E-state index in [1.54, 1.807) is 18.0 Å². The maximum atomic E-state index is 5.89. The Morgan fingerprint density at radius 1 is 1.22 bits per heavy atom. The molecule has 1 aliphatic rings. The van der Waals surface area contributed by atoms with E-state index in [0.29, 0.717) is 5.15 Å². The van der Waals surface area contributed by atoms with Crippen molar-refractivity contribution < 1.29 is 0 Å². The lowest BCUT2D eigenvalue weighted by molar-refractivity contribution is 0.591. The predicted octanol–water partition coefficient (Wildman–Crippen LogP) is 3.20. The van der Waals surface area contributed by atoms with Crippen LogP contribution in [-0.2, 0) is 13.0 Å². The number of nitrogens with zero attached hydrogens (tertiary/aromatic N) is 4. The van der Waals surface area contributed by atoms with Crippen LogP contribution in [0.1, 0.15) is 25.1 Å². The number of pyridine rings is 1. The first-order valence-corrected chi connectivity index (χ1v) is 7.24. The standard InChI is InChI=1S/C12H13ClN4S/c13-10-8-9(5-6-14-10)18-12-16-15-11-4-2-1-3-7-17(11)12/h5-6,8H,1-4,7H2. The maximum absolute atomic E-state index is 5.89. The average Bonchev–Trinajstić information content (AvgIpc) is 2.60. The molecule has 0 saturated carbocycles. The Morgan fingerprint density at radius 3 is 3.06 bits per heavy atom. The fourth-order valence-corrected chi connectivity index (χ4v) is 3.22. The van der Waals surface area contributed by atoms with E-state index in [9.17, 15) is 0 Å². The molecule has 0 radical (unpaired) electrons. The van der Waals surface area contributed by atoms with Gasteiger partial charge >= 0.3 is 0 Å². The number of halogens is 1. The molecule has 0 fully saturated rings. The van der Waals surface area contributed by atoms with E-state index in [4.69, 9.17) is 11.6 Å². The lowest BCUT2D eigenvalue weighted by atomic mass is 10.2. The highest BCUT2D eigenvalue weighted by atomic mass is 35.5. The third-order valence-electron chi connectivity index (χ3n) is 2.98. The molecule has 94 valence electrons. The van der Waals surface area contributed by atoms with Crippen molar-refractivity contribution in [2.75, 3.05) is 0 Å².